The number of nitrogens with two attached hydrogens (primary N) is 1. The number of carboxylic acids is 2. The van der Waals surface area contributed by atoms with Crippen LogP contribution in [0.3, 0.4) is 0 Å². The smallest absolute Gasteiger partial charge is 0.330 e. The number of guanidine groups is 1. The molecule has 3 saturated heterocycles. The maximum atomic E-state index is 14.4. The number of amides is 4. The number of hydrogen-bond acceptors (Lipinski definition) is 19. The average molecular weight is 1070 g/mol. The van der Waals surface area contributed by atoms with Gasteiger partial charge >= 0.3 is 29.6 Å². The van der Waals surface area contributed by atoms with Crippen LogP contribution in [0.1, 0.15) is 86.3 Å². The van der Waals surface area contributed by atoms with E-state index in [0.29, 0.717) is 12.3 Å². The second kappa shape index (κ2) is 28.9. The maximum Gasteiger partial charge on any atom is 0.330 e. The highest BCUT2D eigenvalue weighted by atomic mass is 16.7. The maximum absolute atomic E-state index is 14.4. The Morgan fingerprint density at radius 2 is 1.56 bits per heavy atom. The number of aliphatic hydroxyl groups excluding tert-OH is 3. The standard InChI is InChI=1S/C46H77N11O18/c1-20(2)11-8-9-12-26(59)73-34(22(5)6)29(54-39(64)28(23-13-17-51-44(48)52-23)56-45(69)55-27(21(3)4)41(65)66)38(63)50-16-10-15-49-30(42(67)68)35(75-43-37(71-7)31(60)24(19-47)72-43)36-32(61)33(62)40(74-36)57-18-14-25(58)53-46(57)70/h14,18,20-24,27-37,40,43,49,60-62H,8-13,15-17,19,47H2,1-7H3,(H,50,63)(H,54,64)(H,65,66)(H,67,68)(H3,48,51,52)(H,53,58,70)(H2,55,56,69)/t23?,24-,27?,28?,29?,30?,31-,32?,33?,34?,35?,36?,37-,40-,43+/m1/s1. The van der Waals surface area contributed by atoms with Crippen molar-refractivity contribution in [3.63, 3.8) is 0 Å². The number of aliphatic carboxylic acids is 2. The molecule has 75 heavy (non-hydrogen) atoms. The minimum Gasteiger partial charge on any atom is -0.480 e. The van der Waals surface area contributed by atoms with Gasteiger partial charge in [0.1, 0.15) is 73.0 Å². The topological polar surface area (TPSA) is 439 Å². The average Bonchev–Trinajstić information content (AvgIpc) is 3.81. The number of urea groups is 1. The molecule has 1 aromatic heterocycles. The van der Waals surface area contributed by atoms with Gasteiger partial charge in [-0.3, -0.25) is 38.9 Å². The zero-order valence-electron chi connectivity index (χ0n) is 43.2. The molecule has 3 fully saturated rings. The van der Waals surface area contributed by atoms with Crippen LogP contribution in [-0.2, 0) is 47.7 Å². The second-order valence-electron chi connectivity index (χ2n) is 19.8. The number of nitrogens with zero attached hydrogens (tertiary/aromatic N) is 1. The number of carbonyl (C=O) groups is 6. The first-order valence-corrected chi connectivity index (χ1v) is 25.1. The zero-order valence-corrected chi connectivity index (χ0v) is 43.2. The van der Waals surface area contributed by atoms with E-state index in [0.717, 1.165) is 29.7 Å². The van der Waals surface area contributed by atoms with E-state index in [1.54, 1.807) is 27.7 Å². The molecule has 424 valence electrons. The quantitative estimate of drug-likeness (QED) is 0.0269. The van der Waals surface area contributed by atoms with E-state index in [9.17, 15) is 63.9 Å². The second-order valence-corrected chi connectivity index (χ2v) is 19.8. The van der Waals surface area contributed by atoms with Gasteiger partial charge in [0.25, 0.3) is 5.56 Å². The highest BCUT2D eigenvalue weighted by molar-refractivity contribution is 5.94. The van der Waals surface area contributed by atoms with E-state index >= 15 is 0 Å². The third-order valence-electron chi connectivity index (χ3n) is 12.9. The van der Waals surface area contributed by atoms with Crippen molar-refractivity contribution >= 4 is 41.7 Å². The fraction of sp³-hybridized carbons (Fsp3) is 0.761. The lowest BCUT2D eigenvalue weighted by Gasteiger charge is -2.35. The number of hydrogen-bond donors (Lipinski definition) is 15. The molecule has 0 aliphatic carbocycles. The number of carbonyl (C=O) groups excluding carboxylic acids is 4. The molecule has 29 nitrogen and oxygen atoms in total. The summed E-state index contributed by atoms with van der Waals surface area (Å²) in [6, 6.07) is -7.33. The zero-order chi connectivity index (χ0) is 55.8. The normalized spacial score (nSPS) is 26.1. The lowest BCUT2D eigenvalue weighted by molar-refractivity contribution is -0.231. The summed E-state index contributed by atoms with van der Waals surface area (Å²) in [7, 11) is 1.23. The Morgan fingerprint density at radius 3 is 2.15 bits per heavy atom. The lowest BCUT2D eigenvalue weighted by Crippen LogP contribution is -2.67. The molecule has 0 aromatic carbocycles. The van der Waals surface area contributed by atoms with Crippen molar-refractivity contribution in [2.75, 3.05) is 33.3 Å². The molecule has 15 atom stereocenters. The minimum absolute atomic E-state index is 0.00671. The molecule has 3 aliphatic heterocycles. The summed E-state index contributed by atoms with van der Waals surface area (Å²) < 4.78 is 29.9. The fourth-order valence-corrected chi connectivity index (χ4v) is 8.84. The van der Waals surface area contributed by atoms with E-state index in [2.05, 4.69) is 37.2 Å². The minimum atomic E-state index is -1.93. The van der Waals surface area contributed by atoms with Crippen LogP contribution in [0.25, 0.3) is 0 Å². The summed E-state index contributed by atoms with van der Waals surface area (Å²) in [6.45, 7) is 10.1. The van der Waals surface area contributed by atoms with E-state index in [1.807, 2.05) is 18.8 Å². The van der Waals surface area contributed by atoms with Crippen molar-refractivity contribution in [2.24, 2.45) is 23.5 Å². The summed E-state index contributed by atoms with van der Waals surface area (Å²) >= 11 is 0. The van der Waals surface area contributed by atoms with Crippen molar-refractivity contribution in [3.8, 4) is 0 Å². The van der Waals surface area contributed by atoms with Gasteiger partial charge in [0.05, 0.1) is 6.04 Å². The first-order chi connectivity index (χ1) is 35.4. The van der Waals surface area contributed by atoms with Gasteiger partial charge in [-0.25, -0.2) is 14.4 Å². The molecule has 0 bridgehead atoms. The Kier molecular flexibility index (Phi) is 23.8. The van der Waals surface area contributed by atoms with Crippen LogP contribution in [0.15, 0.2) is 21.9 Å². The number of nitrogens with one attached hydrogen (secondary N) is 9. The predicted molar refractivity (Wildman–Crippen MR) is 263 cm³/mol. The molecule has 3 aliphatic rings. The van der Waals surface area contributed by atoms with E-state index in [-0.39, 0.29) is 51.4 Å². The Hall–Kier alpha value is -5.79. The number of aliphatic hydroxyl groups is 3. The van der Waals surface area contributed by atoms with Crippen LogP contribution in [0.4, 0.5) is 4.79 Å². The van der Waals surface area contributed by atoms with Crippen molar-refractivity contribution < 1.29 is 78.0 Å². The van der Waals surface area contributed by atoms with Gasteiger partial charge in [-0.05, 0) is 43.6 Å². The van der Waals surface area contributed by atoms with E-state index < -0.39 is 150 Å². The van der Waals surface area contributed by atoms with E-state index in [4.69, 9.17) is 34.8 Å². The Labute approximate surface area is 432 Å². The number of aromatic amines is 1. The third-order valence-corrected chi connectivity index (χ3v) is 12.9. The molecule has 0 radical (unpaired) electrons. The molecule has 4 heterocycles. The van der Waals surface area contributed by atoms with Crippen molar-refractivity contribution in [1.82, 2.24) is 46.8 Å². The molecule has 1 aromatic rings. The summed E-state index contributed by atoms with van der Waals surface area (Å²) in [5.74, 6) is -6.30. The van der Waals surface area contributed by atoms with Crippen LogP contribution >= 0.6 is 0 Å². The number of rotatable bonds is 29. The Morgan fingerprint density at radius 1 is 0.867 bits per heavy atom. The first kappa shape index (κ1) is 61.8. The molecule has 16 N–H and O–H groups in total. The Bertz CT molecular complexity index is 2210. The van der Waals surface area contributed by atoms with Gasteiger partial charge in [-0.2, -0.15) is 0 Å². The molecule has 4 rings (SSSR count). The van der Waals surface area contributed by atoms with Gasteiger partial charge in [-0.15, -0.1) is 0 Å². The SMILES string of the molecule is CO[C@H]1[C@H](OC(C(NCCCNC(=O)C(NC(=O)C(NC(=O)NC(C(=O)O)C(C)C)C2CCNC(=N)N2)C(OC(=O)CCCCC(C)C)C(C)C)C(=O)O)C2O[C@@H](n3ccc(=O)[nH]c3=O)C(O)C2O)O[C@H](CN)[C@H]1O. The van der Waals surface area contributed by atoms with Gasteiger partial charge in [0, 0.05) is 45.4 Å². The van der Waals surface area contributed by atoms with Gasteiger partial charge in [0.15, 0.2) is 18.5 Å². The number of unbranched alkanes of at least 4 members (excludes halogenated alkanes) is 1. The van der Waals surface area contributed by atoms with Crippen molar-refractivity contribution in [1.29, 1.82) is 5.41 Å². The van der Waals surface area contributed by atoms with E-state index in [1.165, 1.54) is 7.11 Å². The van der Waals surface area contributed by atoms with Gasteiger partial charge < -0.3 is 92.2 Å². The fourth-order valence-electron chi connectivity index (χ4n) is 8.84. The van der Waals surface area contributed by atoms with Crippen LogP contribution < -0.4 is 54.2 Å². The molecular formula is C46H77N11O18. The molecule has 0 spiro atoms. The lowest BCUT2D eigenvalue weighted by atomic mass is 9.96. The molecule has 10 unspecified atom stereocenters. The number of esters is 1. The molecule has 4 amide bonds. The van der Waals surface area contributed by atoms with Crippen LogP contribution in [0.2, 0.25) is 0 Å². The summed E-state index contributed by atoms with van der Waals surface area (Å²) in [5, 5.41) is 80.3. The van der Waals surface area contributed by atoms with Crippen molar-refractivity contribution in [3.05, 3.63) is 33.1 Å². The number of aromatic nitrogens is 2. The molecule has 29 heteroatoms. The molecule has 0 saturated carbocycles. The Balaban J connectivity index is 1.59. The first-order valence-electron chi connectivity index (χ1n) is 25.1. The largest absolute Gasteiger partial charge is 0.480 e. The van der Waals surface area contributed by atoms with Crippen LogP contribution in [-0.4, -0.2) is 195 Å². The number of carboxylic acid groups (broad SMARTS) is 2. The van der Waals surface area contributed by atoms with Gasteiger partial charge in [-0.1, -0.05) is 54.4 Å². The number of ether oxygens (including phenoxy) is 5. The summed E-state index contributed by atoms with van der Waals surface area (Å²) in [5.41, 5.74) is 3.98. The summed E-state index contributed by atoms with van der Waals surface area (Å²) in [6.07, 6.45) is -12.2. The number of H-pyrrole nitrogens is 1. The monoisotopic (exact) mass is 1070 g/mol. The van der Waals surface area contributed by atoms with Gasteiger partial charge in [0.2, 0.25) is 11.8 Å². The highest BCUT2D eigenvalue weighted by Gasteiger charge is 2.54. The highest BCUT2D eigenvalue weighted by Crippen LogP contribution is 2.35. The third kappa shape index (κ3) is 17.1. The van der Waals surface area contributed by atoms with Crippen LogP contribution in [0, 0.1) is 23.2 Å². The summed E-state index contributed by atoms with van der Waals surface area (Å²) in [4.78, 5) is 107. The molecular weight excluding hydrogens is 995 g/mol. The number of methoxy groups -OCH3 is 1. The van der Waals surface area contributed by atoms with Crippen molar-refractivity contribution in [2.45, 2.75) is 172 Å². The predicted octanol–water partition coefficient (Wildman–Crippen LogP) is -3.92. The van der Waals surface area contributed by atoms with Crippen LogP contribution in [0.5, 0.6) is 0 Å².